The van der Waals surface area contributed by atoms with E-state index in [0.717, 1.165) is 24.9 Å². The summed E-state index contributed by atoms with van der Waals surface area (Å²) in [5.74, 6) is 1.48. The number of unbranched alkanes of at least 4 members (excludes halogenated alkanes) is 2. The Balaban J connectivity index is 1.91. The van der Waals surface area contributed by atoms with Crippen LogP contribution in [-0.4, -0.2) is 9.13 Å². The summed E-state index contributed by atoms with van der Waals surface area (Å²) in [5, 5.41) is 2.85. The second-order valence-electron chi connectivity index (χ2n) is 9.79. The monoisotopic (exact) mass is 430 g/mol. The maximum absolute atomic E-state index is 2.67. The van der Waals surface area contributed by atoms with E-state index in [4.69, 9.17) is 0 Å². The van der Waals surface area contributed by atoms with Gasteiger partial charge in [0, 0.05) is 23.9 Å². The minimum absolute atomic E-state index is 0.740. The van der Waals surface area contributed by atoms with Gasteiger partial charge in [-0.25, -0.2) is 0 Å². The van der Waals surface area contributed by atoms with E-state index in [0.29, 0.717) is 0 Å². The molecule has 4 rings (SSSR count). The highest BCUT2D eigenvalue weighted by Gasteiger charge is 2.22. The Morgan fingerprint density at radius 1 is 0.594 bits per heavy atom. The van der Waals surface area contributed by atoms with Gasteiger partial charge in [-0.3, -0.25) is 0 Å². The van der Waals surface area contributed by atoms with Crippen LogP contribution >= 0.6 is 0 Å². The lowest BCUT2D eigenvalue weighted by molar-refractivity contribution is 0.399. The fourth-order valence-electron chi connectivity index (χ4n) is 5.59. The Bertz CT molecular complexity index is 1050. The van der Waals surface area contributed by atoms with Gasteiger partial charge in [0.15, 0.2) is 0 Å². The number of hydrogen-bond donors (Lipinski definition) is 0. The van der Waals surface area contributed by atoms with Crippen LogP contribution in [0.4, 0.5) is 0 Å². The molecule has 2 unspecified atom stereocenters. The first-order valence-electron chi connectivity index (χ1n) is 13.2. The van der Waals surface area contributed by atoms with E-state index < -0.39 is 0 Å². The molecule has 0 aliphatic heterocycles. The van der Waals surface area contributed by atoms with Crippen LogP contribution in [0.2, 0.25) is 0 Å². The largest absolute Gasteiger partial charge is 0.338 e. The van der Waals surface area contributed by atoms with E-state index in [-0.39, 0.29) is 0 Å². The molecule has 0 aliphatic rings. The van der Waals surface area contributed by atoms with Crippen LogP contribution < -0.4 is 0 Å². The highest BCUT2D eigenvalue weighted by molar-refractivity contribution is 6.18. The molecular formula is C30H42N2. The third kappa shape index (κ3) is 4.34. The van der Waals surface area contributed by atoms with Crippen molar-refractivity contribution in [3.63, 3.8) is 0 Å². The Hall–Kier alpha value is -2.22. The zero-order valence-corrected chi connectivity index (χ0v) is 20.7. The van der Waals surface area contributed by atoms with Gasteiger partial charge >= 0.3 is 0 Å². The minimum atomic E-state index is 0.740. The normalized spacial score (nSPS) is 14.0. The van der Waals surface area contributed by atoms with E-state index >= 15 is 0 Å². The SMILES string of the molecule is CCCCC(CC)Cn1c2ccccc2c2c1c1ccccc1n2CC(CC)CCCC. The van der Waals surface area contributed by atoms with Crippen LogP contribution in [-0.2, 0) is 13.1 Å². The highest BCUT2D eigenvalue weighted by atomic mass is 15.1. The molecule has 0 aliphatic carbocycles. The third-order valence-electron chi connectivity index (χ3n) is 7.63. The van der Waals surface area contributed by atoms with E-state index in [1.807, 2.05) is 0 Å². The molecule has 2 aromatic carbocycles. The van der Waals surface area contributed by atoms with Crippen molar-refractivity contribution >= 4 is 32.8 Å². The molecular weight excluding hydrogens is 388 g/mol. The van der Waals surface area contributed by atoms with Crippen molar-refractivity contribution in [3.8, 4) is 0 Å². The molecule has 0 fully saturated rings. The van der Waals surface area contributed by atoms with Gasteiger partial charge in [0.2, 0.25) is 0 Å². The Morgan fingerprint density at radius 3 is 1.38 bits per heavy atom. The summed E-state index contributed by atoms with van der Waals surface area (Å²) >= 11 is 0. The molecule has 2 heterocycles. The maximum Gasteiger partial charge on any atom is 0.0754 e. The van der Waals surface area contributed by atoms with Gasteiger partial charge in [0.1, 0.15) is 0 Å². The van der Waals surface area contributed by atoms with Crippen molar-refractivity contribution in [1.82, 2.24) is 9.13 Å². The molecule has 32 heavy (non-hydrogen) atoms. The second-order valence-corrected chi connectivity index (χ2v) is 9.79. The standard InChI is InChI=1S/C30H42N2/c1-5-9-15-23(7-3)21-31-27-19-13-11-17-25(27)30-29(31)26-18-12-14-20-28(26)32(30)22-24(8-4)16-10-6-2/h11-14,17-20,23-24H,5-10,15-16,21-22H2,1-4H3. The van der Waals surface area contributed by atoms with Crippen LogP contribution in [0.15, 0.2) is 48.5 Å². The summed E-state index contributed by atoms with van der Waals surface area (Å²) in [4.78, 5) is 0. The summed E-state index contributed by atoms with van der Waals surface area (Å²) in [6.45, 7) is 11.6. The van der Waals surface area contributed by atoms with Crippen molar-refractivity contribution in [1.29, 1.82) is 0 Å². The van der Waals surface area contributed by atoms with Crippen LogP contribution in [0.3, 0.4) is 0 Å². The number of rotatable bonds is 12. The number of para-hydroxylation sites is 2. The van der Waals surface area contributed by atoms with Gasteiger partial charge in [-0.15, -0.1) is 0 Å². The fraction of sp³-hybridized carbons (Fsp3) is 0.533. The first-order chi connectivity index (χ1) is 15.7. The lowest BCUT2D eigenvalue weighted by Gasteiger charge is -2.17. The summed E-state index contributed by atoms with van der Waals surface area (Å²) in [5.41, 5.74) is 5.74. The zero-order valence-electron chi connectivity index (χ0n) is 20.7. The minimum Gasteiger partial charge on any atom is -0.338 e. The van der Waals surface area contributed by atoms with Gasteiger partial charge in [-0.1, -0.05) is 103 Å². The number of nitrogens with zero attached hydrogens (tertiary/aromatic N) is 2. The molecule has 2 nitrogen and oxygen atoms in total. The summed E-state index contributed by atoms with van der Waals surface area (Å²) in [7, 11) is 0. The molecule has 4 aromatic rings. The van der Waals surface area contributed by atoms with Crippen molar-refractivity contribution in [2.24, 2.45) is 11.8 Å². The van der Waals surface area contributed by atoms with Gasteiger partial charge in [-0.2, -0.15) is 0 Å². The summed E-state index contributed by atoms with van der Waals surface area (Å²) < 4.78 is 5.33. The third-order valence-corrected chi connectivity index (χ3v) is 7.63. The van der Waals surface area contributed by atoms with Crippen LogP contribution in [0.1, 0.15) is 79.1 Å². The predicted molar refractivity (Wildman–Crippen MR) is 142 cm³/mol. The van der Waals surface area contributed by atoms with Gasteiger partial charge in [0.25, 0.3) is 0 Å². The van der Waals surface area contributed by atoms with E-state index in [1.54, 1.807) is 0 Å². The maximum atomic E-state index is 2.67. The van der Waals surface area contributed by atoms with Crippen LogP contribution in [0, 0.1) is 11.8 Å². The quantitative estimate of drug-likeness (QED) is 0.212. The lowest BCUT2D eigenvalue weighted by atomic mass is 9.99. The number of hydrogen-bond acceptors (Lipinski definition) is 0. The molecule has 172 valence electrons. The van der Waals surface area contributed by atoms with E-state index in [9.17, 15) is 0 Å². The average Bonchev–Trinajstić information content (AvgIpc) is 3.32. The molecule has 0 amide bonds. The molecule has 0 radical (unpaired) electrons. The first-order valence-corrected chi connectivity index (χ1v) is 13.2. The number of benzene rings is 2. The molecule has 2 aromatic heterocycles. The highest BCUT2D eigenvalue weighted by Crippen LogP contribution is 2.38. The molecule has 0 spiro atoms. The van der Waals surface area contributed by atoms with Crippen molar-refractivity contribution < 1.29 is 0 Å². The Morgan fingerprint density at radius 2 is 1.00 bits per heavy atom. The van der Waals surface area contributed by atoms with Gasteiger partial charge in [-0.05, 0) is 36.8 Å². The molecule has 0 bridgehead atoms. The number of fused-ring (bicyclic) bond motifs is 5. The summed E-state index contributed by atoms with van der Waals surface area (Å²) in [6.07, 6.45) is 10.4. The van der Waals surface area contributed by atoms with Gasteiger partial charge < -0.3 is 9.13 Å². The van der Waals surface area contributed by atoms with Crippen LogP contribution in [0.25, 0.3) is 32.8 Å². The zero-order chi connectivity index (χ0) is 22.5. The van der Waals surface area contributed by atoms with E-state index in [2.05, 4.69) is 85.4 Å². The second kappa shape index (κ2) is 10.6. The number of aromatic nitrogens is 2. The lowest BCUT2D eigenvalue weighted by Crippen LogP contribution is -2.10. The van der Waals surface area contributed by atoms with Crippen LogP contribution in [0.5, 0.6) is 0 Å². The van der Waals surface area contributed by atoms with Crippen molar-refractivity contribution in [2.45, 2.75) is 92.2 Å². The van der Waals surface area contributed by atoms with E-state index in [1.165, 1.54) is 84.2 Å². The average molecular weight is 431 g/mol. The predicted octanol–water partition coefficient (Wildman–Crippen LogP) is 9.18. The molecule has 0 saturated heterocycles. The molecule has 2 atom stereocenters. The first kappa shape index (κ1) is 23.0. The summed E-state index contributed by atoms with van der Waals surface area (Å²) in [6, 6.07) is 18.3. The van der Waals surface area contributed by atoms with Gasteiger partial charge in [0.05, 0.1) is 22.1 Å². The smallest absolute Gasteiger partial charge is 0.0754 e. The van der Waals surface area contributed by atoms with Crippen molar-refractivity contribution in [2.75, 3.05) is 0 Å². The molecule has 0 saturated carbocycles. The van der Waals surface area contributed by atoms with Crippen molar-refractivity contribution in [3.05, 3.63) is 48.5 Å². The fourth-order valence-corrected chi connectivity index (χ4v) is 5.59. The Labute approximate surface area is 194 Å². The topological polar surface area (TPSA) is 9.86 Å². The molecule has 2 heteroatoms. The molecule has 0 N–H and O–H groups in total. The Kier molecular flexibility index (Phi) is 7.60.